The van der Waals surface area contributed by atoms with Gasteiger partial charge in [-0.1, -0.05) is 0 Å². The number of rotatable bonds is 3. The first-order valence-electron chi connectivity index (χ1n) is 5.56. The molecule has 0 saturated carbocycles. The SMILES string of the molecule is CNC(=O)c1ccc(-n2ccc(C)n2)c([N+](=O)[O-])c1. The molecule has 0 aliphatic heterocycles. The Hall–Kier alpha value is -2.70. The molecule has 0 atom stereocenters. The number of nitro benzene ring substituents is 1. The van der Waals surface area contributed by atoms with E-state index in [9.17, 15) is 14.9 Å². The zero-order valence-electron chi connectivity index (χ0n) is 10.5. The van der Waals surface area contributed by atoms with Gasteiger partial charge in [-0.05, 0) is 25.1 Å². The van der Waals surface area contributed by atoms with Crippen LogP contribution in [0.5, 0.6) is 0 Å². The standard InChI is InChI=1S/C12H12N4O3/c1-8-5-6-15(14-8)10-4-3-9(12(17)13-2)7-11(10)16(18)19/h3-7H,1-2H3,(H,13,17). The number of benzene rings is 1. The van der Waals surface area contributed by atoms with Crippen molar-refractivity contribution in [2.45, 2.75) is 6.92 Å². The predicted octanol–water partition coefficient (Wildman–Crippen LogP) is 1.45. The molecule has 0 bridgehead atoms. The highest BCUT2D eigenvalue weighted by atomic mass is 16.6. The second kappa shape index (κ2) is 4.89. The second-order valence-corrected chi connectivity index (χ2v) is 3.94. The van der Waals surface area contributed by atoms with Crippen LogP contribution >= 0.6 is 0 Å². The van der Waals surface area contributed by atoms with Gasteiger partial charge >= 0.3 is 0 Å². The Kier molecular flexibility index (Phi) is 3.28. The van der Waals surface area contributed by atoms with Crippen LogP contribution in [-0.4, -0.2) is 27.7 Å². The van der Waals surface area contributed by atoms with Crippen molar-refractivity contribution in [2.24, 2.45) is 0 Å². The van der Waals surface area contributed by atoms with E-state index in [4.69, 9.17) is 0 Å². The molecule has 0 saturated heterocycles. The zero-order chi connectivity index (χ0) is 14.0. The summed E-state index contributed by atoms with van der Waals surface area (Å²) in [5, 5.41) is 17.7. The van der Waals surface area contributed by atoms with E-state index in [-0.39, 0.29) is 17.2 Å². The van der Waals surface area contributed by atoms with Crippen LogP contribution in [0.1, 0.15) is 16.1 Å². The molecule has 1 amide bonds. The second-order valence-electron chi connectivity index (χ2n) is 3.94. The van der Waals surface area contributed by atoms with Gasteiger partial charge in [-0.2, -0.15) is 5.10 Å². The first kappa shape index (κ1) is 12.7. The fourth-order valence-electron chi connectivity index (χ4n) is 1.70. The van der Waals surface area contributed by atoms with Crippen LogP contribution in [0, 0.1) is 17.0 Å². The molecule has 0 fully saturated rings. The van der Waals surface area contributed by atoms with Gasteiger partial charge in [0.25, 0.3) is 11.6 Å². The van der Waals surface area contributed by atoms with Gasteiger partial charge in [0, 0.05) is 24.9 Å². The molecule has 0 aliphatic carbocycles. The molecule has 19 heavy (non-hydrogen) atoms. The van der Waals surface area contributed by atoms with Gasteiger partial charge in [-0.25, -0.2) is 4.68 Å². The molecule has 0 aliphatic rings. The lowest BCUT2D eigenvalue weighted by Crippen LogP contribution is -2.18. The van der Waals surface area contributed by atoms with Gasteiger partial charge in [0.2, 0.25) is 0 Å². The molecular formula is C12H12N4O3. The van der Waals surface area contributed by atoms with Crippen molar-refractivity contribution in [1.82, 2.24) is 15.1 Å². The van der Waals surface area contributed by atoms with Crippen molar-refractivity contribution in [1.29, 1.82) is 0 Å². The Bertz CT molecular complexity index is 648. The maximum Gasteiger partial charge on any atom is 0.295 e. The summed E-state index contributed by atoms with van der Waals surface area (Å²) in [6.07, 6.45) is 1.64. The van der Waals surface area contributed by atoms with Gasteiger partial charge in [-0.3, -0.25) is 14.9 Å². The van der Waals surface area contributed by atoms with Crippen molar-refractivity contribution in [3.8, 4) is 5.69 Å². The van der Waals surface area contributed by atoms with E-state index in [2.05, 4.69) is 10.4 Å². The number of aryl methyl sites for hydroxylation is 1. The lowest BCUT2D eigenvalue weighted by Gasteiger charge is -2.05. The molecule has 2 rings (SSSR count). The highest BCUT2D eigenvalue weighted by molar-refractivity contribution is 5.95. The summed E-state index contributed by atoms with van der Waals surface area (Å²) in [7, 11) is 1.47. The van der Waals surface area contributed by atoms with Crippen LogP contribution in [-0.2, 0) is 0 Å². The smallest absolute Gasteiger partial charge is 0.295 e. The lowest BCUT2D eigenvalue weighted by molar-refractivity contribution is -0.384. The fourth-order valence-corrected chi connectivity index (χ4v) is 1.70. The quantitative estimate of drug-likeness (QED) is 0.668. The molecule has 7 nitrogen and oxygen atoms in total. The normalized spacial score (nSPS) is 10.2. The Morgan fingerprint density at radius 2 is 2.16 bits per heavy atom. The van der Waals surface area contributed by atoms with E-state index in [0.29, 0.717) is 5.69 Å². The Morgan fingerprint density at radius 1 is 1.42 bits per heavy atom. The average molecular weight is 260 g/mol. The number of aromatic nitrogens is 2. The molecule has 1 N–H and O–H groups in total. The number of nitro groups is 1. The van der Waals surface area contributed by atoms with Gasteiger partial charge in [0.1, 0.15) is 5.69 Å². The number of carbonyl (C=O) groups is 1. The minimum atomic E-state index is -0.529. The highest BCUT2D eigenvalue weighted by Crippen LogP contribution is 2.24. The number of hydrogen-bond donors (Lipinski definition) is 1. The number of nitrogens with zero attached hydrogens (tertiary/aromatic N) is 3. The third-order valence-electron chi connectivity index (χ3n) is 2.63. The van der Waals surface area contributed by atoms with Crippen LogP contribution in [0.25, 0.3) is 5.69 Å². The summed E-state index contributed by atoms with van der Waals surface area (Å²) in [6.45, 7) is 1.79. The number of amides is 1. The Balaban J connectivity index is 2.56. The monoisotopic (exact) mass is 260 g/mol. The minimum absolute atomic E-state index is 0.163. The topological polar surface area (TPSA) is 90.1 Å². The molecule has 7 heteroatoms. The largest absolute Gasteiger partial charge is 0.355 e. The molecule has 2 aromatic rings. The van der Waals surface area contributed by atoms with E-state index >= 15 is 0 Å². The van der Waals surface area contributed by atoms with Crippen LogP contribution < -0.4 is 5.32 Å². The average Bonchev–Trinajstić information content (AvgIpc) is 2.83. The third kappa shape index (κ3) is 2.44. The van der Waals surface area contributed by atoms with Crippen LogP contribution in [0.4, 0.5) is 5.69 Å². The molecular weight excluding hydrogens is 248 g/mol. The van der Waals surface area contributed by atoms with Gasteiger partial charge in [0.05, 0.1) is 10.6 Å². The molecule has 0 spiro atoms. The summed E-state index contributed by atoms with van der Waals surface area (Å²) in [5.41, 5.74) is 1.15. The zero-order valence-corrected chi connectivity index (χ0v) is 10.5. The van der Waals surface area contributed by atoms with Gasteiger partial charge in [0.15, 0.2) is 0 Å². The third-order valence-corrected chi connectivity index (χ3v) is 2.63. The van der Waals surface area contributed by atoms with Crippen LogP contribution in [0.2, 0.25) is 0 Å². The molecule has 1 aromatic carbocycles. The maximum absolute atomic E-state index is 11.5. The first-order valence-corrected chi connectivity index (χ1v) is 5.56. The predicted molar refractivity (Wildman–Crippen MR) is 68.3 cm³/mol. The molecule has 1 heterocycles. The summed E-state index contributed by atoms with van der Waals surface area (Å²) in [5.74, 6) is -0.369. The summed E-state index contributed by atoms with van der Waals surface area (Å²) < 4.78 is 1.42. The van der Waals surface area contributed by atoms with Crippen molar-refractivity contribution < 1.29 is 9.72 Å². The van der Waals surface area contributed by atoms with Crippen molar-refractivity contribution in [3.05, 3.63) is 51.8 Å². The number of hydrogen-bond acceptors (Lipinski definition) is 4. The molecule has 0 unspecified atom stereocenters. The van der Waals surface area contributed by atoms with Gasteiger partial charge in [-0.15, -0.1) is 0 Å². The molecule has 0 radical (unpaired) electrons. The van der Waals surface area contributed by atoms with Crippen LogP contribution in [0.3, 0.4) is 0 Å². The Morgan fingerprint density at radius 3 is 2.68 bits per heavy atom. The first-order chi connectivity index (χ1) is 9.02. The van der Waals surface area contributed by atoms with Crippen molar-refractivity contribution in [2.75, 3.05) is 7.05 Å². The summed E-state index contributed by atoms with van der Waals surface area (Å²) in [6, 6.07) is 6.02. The van der Waals surface area contributed by atoms with Crippen molar-refractivity contribution >= 4 is 11.6 Å². The van der Waals surface area contributed by atoms with Crippen molar-refractivity contribution in [3.63, 3.8) is 0 Å². The van der Waals surface area contributed by atoms with E-state index in [1.807, 2.05) is 0 Å². The van der Waals surface area contributed by atoms with Gasteiger partial charge < -0.3 is 5.32 Å². The van der Waals surface area contributed by atoms with E-state index in [0.717, 1.165) is 5.69 Å². The summed E-state index contributed by atoms with van der Waals surface area (Å²) >= 11 is 0. The fraction of sp³-hybridized carbons (Fsp3) is 0.167. The lowest BCUT2D eigenvalue weighted by atomic mass is 10.1. The molecule has 98 valence electrons. The molecule has 1 aromatic heterocycles. The number of nitrogens with one attached hydrogen (secondary N) is 1. The van der Waals surface area contributed by atoms with Crippen LogP contribution in [0.15, 0.2) is 30.5 Å². The number of carbonyl (C=O) groups excluding carboxylic acids is 1. The van der Waals surface area contributed by atoms with E-state index < -0.39 is 4.92 Å². The highest BCUT2D eigenvalue weighted by Gasteiger charge is 2.18. The van der Waals surface area contributed by atoms with E-state index in [1.165, 1.54) is 29.9 Å². The maximum atomic E-state index is 11.5. The minimum Gasteiger partial charge on any atom is -0.355 e. The Labute approximate surface area is 109 Å². The summed E-state index contributed by atoms with van der Waals surface area (Å²) in [4.78, 5) is 22.1. The van der Waals surface area contributed by atoms with E-state index in [1.54, 1.807) is 19.2 Å².